The third kappa shape index (κ3) is 2.57. The van der Waals surface area contributed by atoms with Crippen LogP contribution in [-0.2, 0) is 0 Å². The molecular formula is C20H15NO2. The third-order valence-corrected chi connectivity index (χ3v) is 3.89. The van der Waals surface area contributed by atoms with Gasteiger partial charge in [-0.15, -0.1) is 0 Å². The molecule has 0 aliphatic heterocycles. The van der Waals surface area contributed by atoms with Gasteiger partial charge in [0, 0.05) is 5.56 Å². The van der Waals surface area contributed by atoms with Crippen LogP contribution in [0.2, 0.25) is 0 Å². The van der Waals surface area contributed by atoms with Gasteiger partial charge in [-0.2, -0.15) is 0 Å². The Bertz CT molecular complexity index is 923. The molecule has 112 valence electrons. The van der Waals surface area contributed by atoms with Crippen LogP contribution in [-0.4, -0.2) is 10.1 Å². The number of hydrogen-bond donors (Lipinski definition) is 1. The minimum atomic E-state index is 0.262. The van der Waals surface area contributed by atoms with Gasteiger partial charge in [-0.05, 0) is 54.4 Å². The highest BCUT2D eigenvalue weighted by Crippen LogP contribution is 2.29. The Labute approximate surface area is 133 Å². The second-order valence-electron chi connectivity index (χ2n) is 5.61. The van der Waals surface area contributed by atoms with Gasteiger partial charge < -0.3 is 9.52 Å². The van der Waals surface area contributed by atoms with Crippen LogP contribution in [0, 0.1) is 6.92 Å². The number of phenolic OH excluding ortho intramolecular Hbond substituents is 1. The van der Waals surface area contributed by atoms with Gasteiger partial charge in [0.1, 0.15) is 11.3 Å². The second-order valence-corrected chi connectivity index (χ2v) is 5.61. The van der Waals surface area contributed by atoms with Crippen molar-refractivity contribution in [1.82, 2.24) is 4.98 Å². The number of aromatic nitrogens is 1. The fourth-order valence-corrected chi connectivity index (χ4v) is 2.58. The molecule has 1 heterocycles. The van der Waals surface area contributed by atoms with Crippen LogP contribution in [0.3, 0.4) is 0 Å². The van der Waals surface area contributed by atoms with Crippen LogP contribution in [0.1, 0.15) is 5.56 Å². The van der Waals surface area contributed by atoms with Gasteiger partial charge in [0.2, 0.25) is 5.89 Å². The molecule has 23 heavy (non-hydrogen) atoms. The molecule has 0 unspecified atom stereocenters. The van der Waals surface area contributed by atoms with Crippen molar-refractivity contribution in [2.75, 3.05) is 0 Å². The zero-order chi connectivity index (χ0) is 15.8. The molecule has 3 heteroatoms. The van der Waals surface area contributed by atoms with Gasteiger partial charge in [-0.25, -0.2) is 4.98 Å². The number of phenols is 1. The number of nitrogens with zero attached hydrogens (tertiary/aromatic N) is 1. The highest BCUT2D eigenvalue weighted by Gasteiger charge is 2.09. The molecule has 1 N–H and O–H groups in total. The van der Waals surface area contributed by atoms with E-state index in [1.807, 2.05) is 54.6 Å². The number of fused-ring (bicyclic) bond motifs is 1. The smallest absolute Gasteiger partial charge is 0.227 e. The zero-order valence-electron chi connectivity index (χ0n) is 12.7. The van der Waals surface area contributed by atoms with Crippen molar-refractivity contribution in [3.8, 4) is 28.3 Å². The molecule has 0 saturated heterocycles. The molecule has 0 saturated carbocycles. The molecule has 4 aromatic rings. The molecule has 3 nitrogen and oxygen atoms in total. The Balaban J connectivity index is 1.77. The van der Waals surface area contributed by atoms with E-state index in [1.54, 1.807) is 12.1 Å². The summed E-state index contributed by atoms with van der Waals surface area (Å²) in [5.74, 6) is 0.890. The summed E-state index contributed by atoms with van der Waals surface area (Å²) >= 11 is 0. The van der Waals surface area contributed by atoms with Gasteiger partial charge >= 0.3 is 0 Å². The van der Waals surface area contributed by atoms with Crippen LogP contribution in [0.15, 0.2) is 71.1 Å². The molecule has 0 atom stereocenters. The van der Waals surface area contributed by atoms with Gasteiger partial charge in [-0.3, -0.25) is 0 Å². The maximum atomic E-state index is 9.40. The Kier molecular flexibility index (Phi) is 3.12. The van der Waals surface area contributed by atoms with Gasteiger partial charge in [-0.1, -0.05) is 35.9 Å². The SMILES string of the molecule is Cc1ccc(-c2nc3cc(-c4ccc(O)cc4)ccc3o2)cc1. The summed E-state index contributed by atoms with van der Waals surface area (Å²) in [6.07, 6.45) is 0. The number of oxazole rings is 1. The fourth-order valence-electron chi connectivity index (χ4n) is 2.58. The van der Waals surface area contributed by atoms with E-state index in [1.165, 1.54) is 5.56 Å². The first-order chi connectivity index (χ1) is 11.2. The van der Waals surface area contributed by atoms with E-state index in [0.29, 0.717) is 5.89 Å². The third-order valence-electron chi connectivity index (χ3n) is 3.89. The molecule has 0 radical (unpaired) electrons. The first-order valence-corrected chi connectivity index (χ1v) is 7.46. The van der Waals surface area contributed by atoms with Gasteiger partial charge in [0.15, 0.2) is 5.58 Å². The number of benzene rings is 3. The Morgan fingerprint density at radius 3 is 2.17 bits per heavy atom. The quantitative estimate of drug-likeness (QED) is 0.555. The lowest BCUT2D eigenvalue weighted by atomic mass is 10.1. The molecule has 3 aromatic carbocycles. The van der Waals surface area contributed by atoms with Crippen LogP contribution in [0.4, 0.5) is 0 Å². The minimum Gasteiger partial charge on any atom is -0.508 e. The van der Waals surface area contributed by atoms with E-state index in [2.05, 4.69) is 11.9 Å². The second kappa shape index (κ2) is 5.29. The van der Waals surface area contributed by atoms with Crippen molar-refractivity contribution in [2.24, 2.45) is 0 Å². The van der Waals surface area contributed by atoms with E-state index in [-0.39, 0.29) is 5.75 Å². The predicted octanol–water partition coefficient (Wildman–Crippen LogP) is 5.18. The van der Waals surface area contributed by atoms with Crippen LogP contribution in [0.25, 0.3) is 33.7 Å². The minimum absolute atomic E-state index is 0.262. The Morgan fingerprint density at radius 2 is 1.43 bits per heavy atom. The van der Waals surface area contributed by atoms with Crippen LogP contribution >= 0.6 is 0 Å². The van der Waals surface area contributed by atoms with Crippen molar-refractivity contribution in [3.63, 3.8) is 0 Å². The molecule has 0 fully saturated rings. The molecule has 0 aliphatic rings. The molecule has 0 spiro atoms. The summed E-state index contributed by atoms with van der Waals surface area (Å²) in [5, 5.41) is 9.40. The highest BCUT2D eigenvalue weighted by atomic mass is 16.3. The topological polar surface area (TPSA) is 46.3 Å². The van der Waals surface area contributed by atoms with Gasteiger partial charge in [0.25, 0.3) is 0 Å². The lowest BCUT2D eigenvalue weighted by Crippen LogP contribution is -1.79. The average molecular weight is 301 g/mol. The molecule has 1 aromatic heterocycles. The Morgan fingerprint density at radius 1 is 0.783 bits per heavy atom. The van der Waals surface area contributed by atoms with E-state index in [4.69, 9.17) is 4.42 Å². The monoisotopic (exact) mass is 301 g/mol. The maximum Gasteiger partial charge on any atom is 0.227 e. The van der Waals surface area contributed by atoms with E-state index >= 15 is 0 Å². The lowest BCUT2D eigenvalue weighted by Gasteiger charge is -2.01. The van der Waals surface area contributed by atoms with E-state index in [0.717, 1.165) is 27.8 Å². The zero-order valence-corrected chi connectivity index (χ0v) is 12.7. The highest BCUT2D eigenvalue weighted by molar-refractivity contribution is 5.82. The Hall–Kier alpha value is -3.07. The predicted molar refractivity (Wildman–Crippen MR) is 91.3 cm³/mol. The first-order valence-electron chi connectivity index (χ1n) is 7.46. The van der Waals surface area contributed by atoms with Crippen molar-refractivity contribution in [2.45, 2.75) is 6.92 Å². The van der Waals surface area contributed by atoms with Crippen molar-refractivity contribution >= 4 is 11.1 Å². The maximum absolute atomic E-state index is 9.40. The van der Waals surface area contributed by atoms with Crippen molar-refractivity contribution in [3.05, 3.63) is 72.3 Å². The van der Waals surface area contributed by atoms with Gasteiger partial charge in [0.05, 0.1) is 0 Å². The summed E-state index contributed by atoms with van der Waals surface area (Å²) in [7, 11) is 0. The molecule has 0 aliphatic carbocycles. The molecule has 0 amide bonds. The molecule has 0 bridgehead atoms. The summed E-state index contributed by atoms with van der Waals surface area (Å²) < 4.78 is 5.85. The summed E-state index contributed by atoms with van der Waals surface area (Å²) in [5.41, 5.74) is 5.84. The van der Waals surface area contributed by atoms with Crippen LogP contribution < -0.4 is 0 Å². The number of aromatic hydroxyl groups is 1. The fraction of sp³-hybridized carbons (Fsp3) is 0.0500. The summed E-state index contributed by atoms with van der Waals surface area (Å²) in [4.78, 5) is 4.60. The molecular weight excluding hydrogens is 286 g/mol. The van der Waals surface area contributed by atoms with Crippen molar-refractivity contribution in [1.29, 1.82) is 0 Å². The normalized spacial score (nSPS) is 11.0. The van der Waals surface area contributed by atoms with Crippen LogP contribution in [0.5, 0.6) is 5.75 Å². The summed E-state index contributed by atoms with van der Waals surface area (Å²) in [6, 6.07) is 21.2. The number of hydrogen-bond acceptors (Lipinski definition) is 3. The van der Waals surface area contributed by atoms with E-state index < -0.39 is 0 Å². The lowest BCUT2D eigenvalue weighted by molar-refractivity contribution is 0.475. The summed E-state index contributed by atoms with van der Waals surface area (Å²) in [6.45, 7) is 2.06. The standard InChI is InChI=1S/C20H15NO2/c1-13-2-4-15(5-3-13)20-21-18-12-16(8-11-19(18)23-20)14-6-9-17(22)10-7-14/h2-12,22H,1H3. The average Bonchev–Trinajstić information content (AvgIpc) is 2.99. The largest absolute Gasteiger partial charge is 0.508 e. The molecule has 4 rings (SSSR count). The van der Waals surface area contributed by atoms with Crippen molar-refractivity contribution < 1.29 is 9.52 Å². The van der Waals surface area contributed by atoms with E-state index in [9.17, 15) is 5.11 Å². The number of aryl methyl sites for hydroxylation is 1. The number of rotatable bonds is 2. The first kappa shape index (κ1) is 13.6.